The van der Waals surface area contributed by atoms with E-state index in [1.54, 1.807) is 6.07 Å². The lowest BCUT2D eigenvalue weighted by Crippen LogP contribution is -2.00. The number of pyridine rings is 1. The highest BCUT2D eigenvalue weighted by molar-refractivity contribution is 5.98. The van der Waals surface area contributed by atoms with Gasteiger partial charge in [0.05, 0.1) is 22.3 Å². The molecule has 4 nitrogen and oxygen atoms in total. The second kappa shape index (κ2) is 14.3. The molecule has 0 aliphatic rings. The lowest BCUT2D eigenvalue weighted by molar-refractivity contribution is 0.472. The molecule has 0 fully saturated rings. The predicted molar refractivity (Wildman–Crippen MR) is 232 cm³/mol. The molecule has 7 aromatic carbocycles. The molecule has 56 heavy (non-hydrogen) atoms. The SMILES string of the molecule is [2H]C([2H])([2H])c1cc(-n2c(-c3cc(C)cc(C)c3O)nc3c(-c4cc(-c5ccccc5)cc(-c5cc(-c6ccc(C)cc6)ccn5)c4)cccc32)ccc1-c1ccccc1. The Kier molecular flexibility index (Phi) is 8.01. The summed E-state index contributed by atoms with van der Waals surface area (Å²) in [4.78, 5) is 10.2. The summed E-state index contributed by atoms with van der Waals surface area (Å²) >= 11 is 0. The maximum Gasteiger partial charge on any atom is 0.149 e. The lowest BCUT2D eigenvalue weighted by Gasteiger charge is -2.15. The number of aryl methyl sites for hydroxylation is 4. The van der Waals surface area contributed by atoms with Gasteiger partial charge in [-0.3, -0.25) is 9.55 Å². The quantitative estimate of drug-likeness (QED) is 0.178. The fourth-order valence-corrected chi connectivity index (χ4v) is 7.69. The van der Waals surface area contributed by atoms with Crippen LogP contribution in [-0.2, 0) is 0 Å². The second-order valence-electron chi connectivity index (χ2n) is 14.5. The minimum absolute atomic E-state index is 0.124. The summed E-state index contributed by atoms with van der Waals surface area (Å²) in [5.74, 6) is 0.631. The van der Waals surface area contributed by atoms with Gasteiger partial charge in [0.25, 0.3) is 0 Å². The highest BCUT2D eigenvalue weighted by Gasteiger charge is 2.22. The highest BCUT2D eigenvalue weighted by Crippen LogP contribution is 2.41. The molecule has 9 aromatic rings. The molecule has 0 aliphatic heterocycles. The number of hydrogen-bond acceptors (Lipinski definition) is 3. The van der Waals surface area contributed by atoms with E-state index < -0.39 is 6.85 Å². The molecule has 0 aliphatic carbocycles. The van der Waals surface area contributed by atoms with Crippen LogP contribution in [-0.4, -0.2) is 19.6 Å². The van der Waals surface area contributed by atoms with E-state index in [9.17, 15) is 5.11 Å². The molecule has 0 radical (unpaired) electrons. The van der Waals surface area contributed by atoms with Crippen LogP contribution in [0.3, 0.4) is 0 Å². The standard InChI is InChI=1S/C52H41N3O/c1-33-18-20-38(21-19-33)40-24-25-53-48(32-40)43-30-41(37-12-7-5-8-13-37)29-42(31-43)46-16-11-17-49-50(46)54-52(47-27-34(2)26-36(4)51(47)56)55(49)44-22-23-45(35(3)28-44)39-14-9-6-10-15-39/h5-32,56H,1-4H3/i3D3. The van der Waals surface area contributed by atoms with Crippen molar-refractivity contribution in [3.05, 3.63) is 192 Å². The van der Waals surface area contributed by atoms with Crippen LogP contribution in [0.2, 0.25) is 0 Å². The number of fused-ring (bicyclic) bond motifs is 1. The Morgan fingerprint density at radius 1 is 0.500 bits per heavy atom. The normalized spacial score (nSPS) is 12.3. The molecule has 270 valence electrons. The summed E-state index contributed by atoms with van der Waals surface area (Å²) in [5.41, 5.74) is 15.2. The topological polar surface area (TPSA) is 50.9 Å². The molecule has 0 atom stereocenters. The third-order valence-electron chi connectivity index (χ3n) is 10.5. The first-order chi connectivity index (χ1) is 28.5. The molecule has 9 rings (SSSR count). The van der Waals surface area contributed by atoms with E-state index in [4.69, 9.17) is 14.1 Å². The maximum atomic E-state index is 11.6. The Balaban J connectivity index is 1.29. The molecule has 0 unspecified atom stereocenters. The Bertz CT molecular complexity index is 3010. The first-order valence-corrected chi connectivity index (χ1v) is 18.8. The third kappa shape index (κ3) is 6.46. The van der Waals surface area contributed by atoms with Crippen molar-refractivity contribution in [3.63, 3.8) is 0 Å². The minimum atomic E-state index is -2.40. The molecule has 0 bridgehead atoms. The van der Waals surface area contributed by atoms with Gasteiger partial charge in [0.15, 0.2) is 0 Å². The van der Waals surface area contributed by atoms with E-state index in [-0.39, 0.29) is 11.3 Å². The summed E-state index contributed by atoms with van der Waals surface area (Å²) in [5, 5.41) is 11.6. The number of aromatic nitrogens is 3. The number of hydrogen-bond donors (Lipinski definition) is 1. The fraction of sp³-hybridized carbons (Fsp3) is 0.0769. The highest BCUT2D eigenvalue weighted by atomic mass is 16.3. The first kappa shape index (κ1) is 31.3. The van der Waals surface area contributed by atoms with Crippen LogP contribution < -0.4 is 0 Å². The maximum absolute atomic E-state index is 11.6. The largest absolute Gasteiger partial charge is 0.507 e. The molecule has 2 aromatic heterocycles. The molecule has 0 saturated carbocycles. The predicted octanol–water partition coefficient (Wildman–Crippen LogP) is 13.4. The number of rotatable bonds is 7. The Labute approximate surface area is 332 Å². The van der Waals surface area contributed by atoms with Crippen molar-refractivity contribution < 1.29 is 9.22 Å². The molecule has 4 heteroatoms. The van der Waals surface area contributed by atoms with Gasteiger partial charge in [-0.15, -0.1) is 0 Å². The molecule has 1 N–H and O–H groups in total. The molecular weight excluding hydrogens is 683 g/mol. The van der Waals surface area contributed by atoms with Gasteiger partial charge in [0, 0.05) is 27.1 Å². The summed E-state index contributed by atoms with van der Waals surface area (Å²) in [6.07, 6.45) is 1.86. The third-order valence-corrected chi connectivity index (χ3v) is 10.5. The summed E-state index contributed by atoms with van der Waals surface area (Å²) in [7, 11) is 0. The Hall–Kier alpha value is -7.04. The van der Waals surface area contributed by atoms with Crippen LogP contribution in [0.4, 0.5) is 0 Å². The lowest BCUT2D eigenvalue weighted by atomic mass is 9.93. The van der Waals surface area contributed by atoms with Crippen molar-refractivity contribution >= 4 is 11.0 Å². The number of benzene rings is 7. The van der Waals surface area contributed by atoms with Crippen molar-refractivity contribution in [2.24, 2.45) is 0 Å². The Morgan fingerprint density at radius 3 is 1.98 bits per heavy atom. The van der Waals surface area contributed by atoms with E-state index in [2.05, 4.69) is 73.7 Å². The van der Waals surface area contributed by atoms with Crippen molar-refractivity contribution in [1.29, 1.82) is 0 Å². The zero-order chi connectivity index (χ0) is 40.8. The average Bonchev–Trinajstić information content (AvgIpc) is 3.65. The van der Waals surface area contributed by atoms with Gasteiger partial charge < -0.3 is 5.11 Å². The van der Waals surface area contributed by atoms with Gasteiger partial charge >= 0.3 is 0 Å². The zero-order valence-corrected chi connectivity index (χ0v) is 31.5. The van der Waals surface area contributed by atoms with Crippen LogP contribution in [0.15, 0.2) is 170 Å². The summed E-state index contributed by atoms with van der Waals surface area (Å²) in [6, 6.07) is 54.6. The molecule has 0 amide bonds. The monoisotopic (exact) mass is 726 g/mol. The molecule has 2 heterocycles. The van der Waals surface area contributed by atoms with Crippen LogP contribution >= 0.6 is 0 Å². The van der Waals surface area contributed by atoms with Gasteiger partial charge in [-0.1, -0.05) is 115 Å². The molecule has 0 spiro atoms. The van der Waals surface area contributed by atoms with Crippen LogP contribution in [0.5, 0.6) is 5.75 Å². The Morgan fingerprint density at radius 2 is 1.21 bits per heavy atom. The number of nitrogens with zero attached hydrogens (tertiary/aromatic N) is 3. The molecule has 0 saturated heterocycles. The first-order valence-electron chi connectivity index (χ1n) is 20.3. The molecular formula is C52H41N3O. The van der Waals surface area contributed by atoms with E-state index in [1.807, 2.05) is 116 Å². The van der Waals surface area contributed by atoms with Crippen molar-refractivity contribution in [1.82, 2.24) is 14.5 Å². The van der Waals surface area contributed by atoms with E-state index in [0.29, 0.717) is 28.2 Å². The van der Waals surface area contributed by atoms with Crippen molar-refractivity contribution in [3.8, 4) is 78.6 Å². The zero-order valence-electron chi connectivity index (χ0n) is 34.5. The van der Waals surface area contributed by atoms with Gasteiger partial charge in [-0.2, -0.15) is 0 Å². The van der Waals surface area contributed by atoms with Crippen LogP contribution in [0, 0.1) is 27.6 Å². The number of phenols is 1. The number of phenolic OH excluding ortho intramolecular Hbond substituents is 1. The number of aromatic hydroxyl groups is 1. The second-order valence-corrected chi connectivity index (χ2v) is 14.5. The summed E-state index contributed by atoms with van der Waals surface area (Å²) in [6.45, 7) is 3.56. The number of para-hydroxylation sites is 1. The van der Waals surface area contributed by atoms with E-state index >= 15 is 0 Å². The van der Waals surface area contributed by atoms with Gasteiger partial charge in [0.2, 0.25) is 0 Å². The van der Waals surface area contributed by atoms with Crippen molar-refractivity contribution in [2.75, 3.05) is 0 Å². The minimum Gasteiger partial charge on any atom is -0.507 e. The van der Waals surface area contributed by atoms with Crippen LogP contribution in [0.25, 0.3) is 83.9 Å². The summed E-state index contributed by atoms with van der Waals surface area (Å²) < 4.78 is 27.8. The van der Waals surface area contributed by atoms with Gasteiger partial charge in [-0.25, -0.2) is 4.98 Å². The van der Waals surface area contributed by atoms with E-state index in [1.165, 1.54) is 5.56 Å². The van der Waals surface area contributed by atoms with E-state index in [0.717, 1.165) is 66.8 Å². The van der Waals surface area contributed by atoms with Gasteiger partial charge in [0.1, 0.15) is 11.6 Å². The van der Waals surface area contributed by atoms with Crippen molar-refractivity contribution in [2.45, 2.75) is 27.6 Å². The van der Waals surface area contributed by atoms with Gasteiger partial charge in [-0.05, 0) is 138 Å². The average molecular weight is 727 g/mol. The number of imidazole rings is 1. The van der Waals surface area contributed by atoms with Crippen LogP contribution in [0.1, 0.15) is 26.4 Å². The fourth-order valence-electron chi connectivity index (χ4n) is 7.69. The smallest absolute Gasteiger partial charge is 0.149 e.